The number of esters is 1. The molecule has 82 valence electrons. The van der Waals surface area contributed by atoms with E-state index >= 15 is 0 Å². The second-order valence-electron chi connectivity index (χ2n) is 2.83. The van der Waals surface area contributed by atoms with Gasteiger partial charge in [-0.25, -0.2) is 4.79 Å². The minimum atomic E-state index is -1.27. The predicted octanol–water partition coefficient (Wildman–Crippen LogP) is 2.70. The molecule has 1 unspecified atom stereocenters. The van der Waals surface area contributed by atoms with E-state index in [4.69, 9.17) is 16.3 Å². The van der Waals surface area contributed by atoms with Crippen molar-refractivity contribution in [2.75, 3.05) is 6.61 Å². The minimum absolute atomic E-state index is 0.241. The van der Waals surface area contributed by atoms with Crippen molar-refractivity contribution in [2.24, 2.45) is 0 Å². The van der Waals surface area contributed by atoms with Gasteiger partial charge in [-0.05, 0) is 40.5 Å². The van der Waals surface area contributed by atoms with Crippen molar-refractivity contribution in [3.05, 3.63) is 33.3 Å². The van der Waals surface area contributed by atoms with Crippen LogP contribution in [0.2, 0.25) is 5.02 Å². The molecule has 0 bridgehead atoms. The molecule has 5 heteroatoms. The van der Waals surface area contributed by atoms with Gasteiger partial charge in [-0.2, -0.15) is 0 Å². The summed E-state index contributed by atoms with van der Waals surface area (Å²) in [6.07, 6.45) is -1.27. The lowest BCUT2D eigenvalue weighted by molar-refractivity contribution is -0.153. The van der Waals surface area contributed by atoms with Crippen molar-refractivity contribution < 1.29 is 14.6 Å². The Kier molecular flexibility index (Phi) is 4.57. The van der Waals surface area contributed by atoms with Crippen LogP contribution in [0.25, 0.3) is 0 Å². The van der Waals surface area contributed by atoms with Gasteiger partial charge in [0.2, 0.25) is 0 Å². The summed E-state index contributed by atoms with van der Waals surface area (Å²) in [5, 5.41) is 10.1. The summed E-state index contributed by atoms with van der Waals surface area (Å²) in [6.45, 7) is 1.92. The SMILES string of the molecule is CCOC(=O)C(O)c1ccc(Cl)c(Br)c1. The molecule has 0 fully saturated rings. The average molecular weight is 294 g/mol. The molecule has 0 spiro atoms. The quantitative estimate of drug-likeness (QED) is 0.872. The summed E-state index contributed by atoms with van der Waals surface area (Å²) >= 11 is 8.99. The van der Waals surface area contributed by atoms with Crippen molar-refractivity contribution in [2.45, 2.75) is 13.0 Å². The fraction of sp³-hybridized carbons (Fsp3) is 0.300. The van der Waals surface area contributed by atoms with Gasteiger partial charge in [0.25, 0.3) is 0 Å². The van der Waals surface area contributed by atoms with Crippen LogP contribution in [0.4, 0.5) is 0 Å². The lowest BCUT2D eigenvalue weighted by atomic mass is 10.1. The van der Waals surface area contributed by atoms with Crippen LogP contribution in [-0.4, -0.2) is 17.7 Å². The van der Waals surface area contributed by atoms with Gasteiger partial charge in [0.15, 0.2) is 6.10 Å². The normalized spacial score (nSPS) is 12.3. The third-order valence-electron chi connectivity index (χ3n) is 1.77. The lowest BCUT2D eigenvalue weighted by Crippen LogP contribution is -2.15. The number of hydrogen-bond donors (Lipinski definition) is 1. The Morgan fingerprint density at radius 3 is 2.87 bits per heavy atom. The van der Waals surface area contributed by atoms with Crippen LogP contribution in [0.3, 0.4) is 0 Å². The van der Waals surface area contributed by atoms with Crippen molar-refractivity contribution in [3.63, 3.8) is 0 Å². The highest BCUT2D eigenvalue weighted by atomic mass is 79.9. The monoisotopic (exact) mass is 292 g/mol. The number of carbonyl (C=O) groups excluding carboxylic acids is 1. The smallest absolute Gasteiger partial charge is 0.339 e. The molecule has 1 rings (SSSR count). The topological polar surface area (TPSA) is 46.5 Å². The highest BCUT2D eigenvalue weighted by Crippen LogP contribution is 2.26. The van der Waals surface area contributed by atoms with Gasteiger partial charge in [-0.1, -0.05) is 17.7 Å². The van der Waals surface area contributed by atoms with Crippen molar-refractivity contribution >= 4 is 33.5 Å². The molecule has 1 N–H and O–H groups in total. The number of benzene rings is 1. The van der Waals surface area contributed by atoms with Crippen LogP contribution in [0.1, 0.15) is 18.6 Å². The molecule has 0 aliphatic rings. The zero-order valence-corrected chi connectivity index (χ0v) is 10.4. The van der Waals surface area contributed by atoms with Gasteiger partial charge in [0, 0.05) is 4.47 Å². The third-order valence-corrected chi connectivity index (χ3v) is 2.98. The van der Waals surface area contributed by atoms with E-state index in [1.807, 2.05) is 0 Å². The van der Waals surface area contributed by atoms with Crippen LogP contribution >= 0.6 is 27.5 Å². The van der Waals surface area contributed by atoms with E-state index < -0.39 is 12.1 Å². The second-order valence-corrected chi connectivity index (χ2v) is 4.09. The molecule has 0 aliphatic heterocycles. The number of aliphatic hydroxyl groups excluding tert-OH is 1. The lowest BCUT2D eigenvalue weighted by Gasteiger charge is -2.10. The average Bonchev–Trinajstić information content (AvgIpc) is 2.21. The number of aliphatic hydroxyl groups is 1. The van der Waals surface area contributed by atoms with Gasteiger partial charge in [0.1, 0.15) is 0 Å². The maximum absolute atomic E-state index is 11.2. The molecule has 0 radical (unpaired) electrons. The molecule has 1 aromatic carbocycles. The molecule has 0 heterocycles. The van der Waals surface area contributed by atoms with E-state index in [0.717, 1.165) is 0 Å². The summed E-state index contributed by atoms with van der Waals surface area (Å²) in [4.78, 5) is 11.2. The van der Waals surface area contributed by atoms with E-state index in [0.29, 0.717) is 15.1 Å². The summed E-state index contributed by atoms with van der Waals surface area (Å²) in [5.74, 6) is -0.660. The van der Waals surface area contributed by atoms with Crippen molar-refractivity contribution in [1.82, 2.24) is 0 Å². The van der Waals surface area contributed by atoms with E-state index in [1.165, 1.54) is 0 Å². The fourth-order valence-corrected chi connectivity index (χ4v) is 1.55. The summed E-state index contributed by atoms with van der Waals surface area (Å²) in [5.41, 5.74) is 0.449. The van der Waals surface area contributed by atoms with Crippen molar-refractivity contribution in [3.8, 4) is 0 Å². The first kappa shape index (κ1) is 12.5. The zero-order chi connectivity index (χ0) is 11.4. The van der Waals surface area contributed by atoms with Gasteiger partial charge < -0.3 is 9.84 Å². The van der Waals surface area contributed by atoms with Crippen molar-refractivity contribution in [1.29, 1.82) is 0 Å². The first-order valence-electron chi connectivity index (χ1n) is 4.36. The minimum Gasteiger partial charge on any atom is -0.464 e. The highest BCUT2D eigenvalue weighted by Gasteiger charge is 2.18. The standard InChI is InChI=1S/C10H10BrClO3/c1-2-15-10(14)9(13)6-3-4-8(12)7(11)5-6/h3-5,9,13H,2H2,1H3. The molecule has 0 saturated carbocycles. The summed E-state index contributed by atoms with van der Waals surface area (Å²) in [6, 6.07) is 4.77. The molecule has 0 saturated heterocycles. The molecule has 1 atom stereocenters. The van der Waals surface area contributed by atoms with E-state index in [-0.39, 0.29) is 6.61 Å². The number of carbonyl (C=O) groups is 1. The Bertz CT molecular complexity index is 368. The molecule has 15 heavy (non-hydrogen) atoms. The molecular weight excluding hydrogens is 283 g/mol. The van der Waals surface area contributed by atoms with Crippen LogP contribution in [-0.2, 0) is 9.53 Å². The fourth-order valence-electron chi connectivity index (χ4n) is 1.04. The highest BCUT2D eigenvalue weighted by molar-refractivity contribution is 9.10. The number of halogens is 2. The first-order chi connectivity index (χ1) is 7.06. The van der Waals surface area contributed by atoms with Crippen LogP contribution in [0.5, 0.6) is 0 Å². The Balaban J connectivity index is 2.86. The number of hydrogen-bond acceptors (Lipinski definition) is 3. The van der Waals surface area contributed by atoms with Crippen LogP contribution in [0, 0.1) is 0 Å². The Morgan fingerprint density at radius 2 is 2.33 bits per heavy atom. The largest absolute Gasteiger partial charge is 0.464 e. The summed E-state index contributed by atoms with van der Waals surface area (Å²) < 4.78 is 5.32. The summed E-state index contributed by atoms with van der Waals surface area (Å²) in [7, 11) is 0. The van der Waals surface area contributed by atoms with Gasteiger partial charge in [-0.3, -0.25) is 0 Å². The maximum Gasteiger partial charge on any atom is 0.339 e. The molecule has 0 aliphatic carbocycles. The molecule has 1 aromatic rings. The molecule has 0 aromatic heterocycles. The maximum atomic E-state index is 11.2. The van der Waals surface area contributed by atoms with E-state index in [2.05, 4.69) is 15.9 Å². The van der Waals surface area contributed by atoms with Crippen LogP contribution < -0.4 is 0 Å². The Hall–Kier alpha value is -0.580. The van der Waals surface area contributed by atoms with Gasteiger partial charge in [-0.15, -0.1) is 0 Å². The number of ether oxygens (including phenoxy) is 1. The van der Waals surface area contributed by atoms with E-state index in [1.54, 1.807) is 25.1 Å². The Morgan fingerprint density at radius 1 is 1.67 bits per heavy atom. The third kappa shape index (κ3) is 3.19. The Labute approximate surface area is 101 Å². The van der Waals surface area contributed by atoms with Gasteiger partial charge >= 0.3 is 5.97 Å². The number of rotatable bonds is 3. The van der Waals surface area contributed by atoms with E-state index in [9.17, 15) is 9.90 Å². The van der Waals surface area contributed by atoms with Crippen LogP contribution in [0.15, 0.2) is 22.7 Å². The zero-order valence-electron chi connectivity index (χ0n) is 8.04. The predicted molar refractivity (Wildman–Crippen MR) is 60.7 cm³/mol. The molecular formula is C10H10BrClO3. The molecule has 0 amide bonds. The van der Waals surface area contributed by atoms with Gasteiger partial charge in [0.05, 0.1) is 11.6 Å². The first-order valence-corrected chi connectivity index (χ1v) is 5.53. The second kappa shape index (κ2) is 5.49. The molecule has 3 nitrogen and oxygen atoms in total.